The Labute approximate surface area is 141 Å². The number of fused-ring (bicyclic) bond motifs is 1. The number of carbonyl (C=O) groups excluding carboxylic acids is 2. The number of ether oxygens (including phenoxy) is 1. The molecule has 5 nitrogen and oxygen atoms in total. The second-order valence-corrected chi connectivity index (χ2v) is 5.65. The Hall–Kier alpha value is -2.82. The van der Waals surface area contributed by atoms with Crippen molar-refractivity contribution in [3.05, 3.63) is 60.2 Å². The van der Waals surface area contributed by atoms with Gasteiger partial charge in [-0.25, -0.2) is 0 Å². The molecular weight excluding hydrogens is 304 g/mol. The Morgan fingerprint density at radius 2 is 1.83 bits per heavy atom. The van der Waals surface area contributed by atoms with Crippen LogP contribution in [-0.2, 0) is 4.79 Å². The van der Waals surface area contributed by atoms with Crippen molar-refractivity contribution in [3.8, 4) is 5.75 Å². The number of rotatable bonds is 4. The van der Waals surface area contributed by atoms with E-state index in [4.69, 9.17) is 4.74 Å². The van der Waals surface area contributed by atoms with Crippen LogP contribution in [0.4, 0.5) is 5.69 Å². The fourth-order valence-corrected chi connectivity index (χ4v) is 2.66. The predicted molar refractivity (Wildman–Crippen MR) is 92.3 cm³/mol. The van der Waals surface area contributed by atoms with Crippen LogP contribution in [0.25, 0.3) is 0 Å². The number of anilines is 1. The molecule has 1 N–H and O–H groups in total. The van der Waals surface area contributed by atoms with E-state index in [2.05, 4.69) is 5.32 Å². The van der Waals surface area contributed by atoms with Gasteiger partial charge in [0.05, 0.1) is 12.2 Å². The number of nitrogens with one attached hydrogen (secondary N) is 1. The van der Waals surface area contributed by atoms with Crippen LogP contribution in [0.5, 0.6) is 5.75 Å². The fourth-order valence-electron chi connectivity index (χ4n) is 2.66. The molecule has 2 amide bonds. The van der Waals surface area contributed by atoms with Crippen LogP contribution in [0, 0.1) is 0 Å². The fraction of sp³-hybridized carbons (Fsp3) is 0.263. The highest BCUT2D eigenvalue weighted by Gasteiger charge is 2.33. The molecule has 0 spiro atoms. The molecule has 24 heavy (non-hydrogen) atoms. The summed E-state index contributed by atoms with van der Waals surface area (Å²) in [4.78, 5) is 26.8. The summed E-state index contributed by atoms with van der Waals surface area (Å²) in [5.41, 5.74) is 1.27. The zero-order chi connectivity index (χ0) is 16.9. The van der Waals surface area contributed by atoms with Crippen molar-refractivity contribution in [2.24, 2.45) is 0 Å². The van der Waals surface area contributed by atoms with Crippen LogP contribution >= 0.6 is 0 Å². The minimum absolute atomic E-state index is 0.139. The van der Waals surface area contributed by atoms with Crippen molar-refractivity contribution >= 4 is 17.5 Å². The topological polar surface area (TPSA) is 58.6 Å². The van der Waals surface area contributed by atoms with Gasteiger partial charge < -0.3 is 15.0 Å². The molecular formula is C19H20N2O3. The zero-order valence-corrected chi connectivity index (χ0v) is 13.6. The Balaban J connectivity index is 1.89. The maximum atomic E-state index is 12.9. The van der Waals surface area contributed by atoms with Crippen LogP contribution in [0.2, 0.25) is 0 Å². The first-order valence-electron chi connectivity index (χ1n) is 8.11. The van der Waals surface area contributed by atoms with Crippen LogP contribution in [0.1, 0.15) is 23.7 Å². The molecule has 1 aliphatic rings. The van der Waals surface area contributed by atoms with Crippen LogP contribution in [0.3, 0.4) is 0 Å². The van der Waals surface area contributed by atoms with Gasteiger partial charge in [0.1, 0.15) is 5.75 Å². The molecule has 1 atom stereocenters. The van der Waals surface area contributed by atoms with E-state index in [-0.39, 0.29) is 18.4 Å². The van der Waals surface area contributed by atoms with Crippen LogP contribution in [0.15, 0.2) is 54.6 Å². The minimum Gasteiger partial charge on any atom is -0.477 e. The number of hydrogen-bond acceptors (Lipinski definition) is 3. The van der Waals surface area contributed by atoms with Gasteiger partial charge in [-0.2, -0.15) is 0 Å². The third kappa shape index (κ3) is 3.25. The molecule has 0 saturated carbocycles. The molecule has 0 aliphatic carbocycles. The van der Waals surface area contributed by atoms with E-state index < -0.39 is 6.10 Å². The van der Waals surface area contributed by atoms with E-state index >= 15 is 0 Å². The number of nitrogens with zero attached hydrogens (tertiary/aromatic N) is 1. The number of amides is 2. The highest BCUT2D eigenvalue weighted by atomic mass is 16.5. The lowest BCUT2D eigenvalue weighted by atomic mass is 10.1. The lowest BCUT2D eigenvalue weighted by Gasteiger charge is -2.34. The lowest BCUT2D eigenvalue weighted by molar-refractivity contribution is -0.127. The van der Waals surface area contributed by atoms with Gasteiger partial charge in [0.25, 0.3) is 11.8 Å². The van der Waals surface area contributed by atoms with E-state index in [1.807, 2.05) is 43.3 Å². The van der Waals surface area contributed by atoms with E-state index in [0.29, 0.717) is 23.5 Å². The monoisotopic (exact) mass is 324 g/mol. The summed E-state index contributed by atoms with van der Waals surface area (Å²) in [6.45, 7) is 2.77. The Morgan fingerprint density at radius 1 is 1.12 bits per heavy atom. The molecule has 0 bridgehead atoms. The second-order valence-electron chi connectivity index (χ2n) is 5.65. The average molecular weight is 324 g/mol. The molecule has 0 aromatic heterocycles. The number of benzene rings is 2. The summed E-state index contributed by atoms with van der Waals surface area (Å²) in [6, 6.07) is 16.3. The molecule has 3 rings (SSSR count). The van der Waals surface area contributed by atoms with E-state index in [1.165, 1.54) is 0 Å². The normalized spacial score (nSPS) is 16.0. The number of para-hydroxylation sites is 2. The molecule has 0 fully saturated rings. The average Bonchev–Trinajstić information content (AvgIpc) is 2.65. The van der Waals surface area contributed by atoms with Gasteiger partial charge >= 0.3 is 0 Å². The van der Waals surface area contributed by atoms with Crippen LogP contribution in [-0.4, -0.2) is 31.0 Å². The number of carbonyl (C=O) groups is 2. The predicted octanol–water partition coefficient (Wildman–Crippen LogP) is 2.62. The molecule has 0 unspecified atom stereocenters. The molecule has 5 heteroatoms. The van der Waals surface area contributed by atoms with Crippen molar-refractivity contribution < 1.29 is 14.3 Å². The van der Waals surface area contributed by atoms with Gasteiger partial charge in [-0.3, -0.25) is 9.59 Å². The molecule has 1 heterocycles. The maximum Gasteiger partial charge on any atom is 0.262 e. The zero-order valence-electron chi connectivity index (χ0n) is 13.6. The van der Waals surface area contributed by atoms with Crippen molar-refractivity contribution in [2.75, 3.05) is 18.0 Å². The molecule has 124 valence electrons. The molecule has 2 aromatic rings. The Morgan fingerprint density at radius 3 is 2.58 bits per heavy atom. The summed E-state index contributed by atoms with van der Waals surface area (Å²) in [6.07, 6.45) is 0.140. The minimum atomic E-state index is -0.709. The van der Waals surface area contributed by atoms with Gasteiger partial charge in [0.15, 0.2) is 6.10 Å². The quantitative estimate of drug-likeness (QED) is 0.940. The highest BCUT2D eigenvalue weighted by Crippen LogP contribution is 2.34. The van der Waals surface area contributed by atoms with Crippen molar-refractivity contribution in [3.63, 3.8) is 0 Å². The number of hydrogen-bond donors (Lipinski definition) is 1. The van der Waals surface area contributed by atoms with Gasteiger partial charge in [-0.15, -0.1) is 0 Å². The van der Waals surface area contributed by atoms with Gasteiger partial charge in [-0.1, -0.05) is 37.3 Å². The summed E-state index contributed by atoms with van der Waals surface area (Å²) in [5.74, 6) is 0.210. The Kier molecular flexibility index (Phi) is 4.79. The summed E-state index contributed by atoms with van der Waals surface area (Å²) >= 11 is 0. The van der Waals surface area contributed by atoms with Crippen molar-refractivity contribution in [1.29, 1.82) is 0 Å². The standard InChI is InChI=1S/C19H20N2O3/c1-2-12-20-18(22)17-13-21(15-10-6-7-11-16(15)24-17)19(23)14-8-4-3-5-9-14/h3-11,17H,2,12-13H2,1H3,(H,20,22)/t17-/m0/s1. The summed E-state index contributed by atoms with van der Waals surface area (Å²) < 4.78 is 5.80. The first-order chi connectivity index (χ1) is 11.7. The smallest absolute Gasteiger partial charge is 0.262 e. The largest absolute Gasteiger partial charge is 0.477 e. The first-order valence-corrected chi connectivity index (χ1v) is 8.11. The van der Waals surface area contributed by atoms with E-state index in [0.717, 1.165) is 6.42 Å². The van der Waals surface area contributed by atoms with Gasteiger partial charge in [0, 0.05) is 12.1 Å². The van der Waals surface area contributed by atoms with Crippen molar-refractivity contribution in [2.45, 2.75) is 19.4 Å². The molecule has 2 aromatic carbocycles. The maximum absolute atomic E-state index is 12.9. The van der Waals surface area contributed by atoms with E-state index in [1.54, 1.807) is 23.1 Å². The van der Waals surface area contributed by atoms with Crippen molar-refractivity contribution in [1.82, 2.24) is 5.32 Å². The highest BCUT2D eigenvalue weighted by molar-refractivity contribution is 6.07. The first kappa shape index (κ1) is 16.1. The molecule has 1 aliphatic heterocycles. The molecule has 0 radical (unpaired) electrons. The Bertz CT molecular complexity index is 730. The van der Waals surface area contributed by atoms with Crippen LogP contribution < -0.4 is 15.0 Å². The molecule has 0 saturated heterocycles. The SMILES string of the molecule is CCCNC(=O)[C@@H]1CN(C(=O)c2ccccc2)c2ccccc2O1. The lowest BCUT2D eigenvalue weighted by Crippen LogP contribution is -2.50. The van der Waals surface area contributed by atoms with Gasteiger partial charge in [-0.05, 0) is 30.7 Å². The third-order valence-electron chi connectivity index (χ3n) is 3.88. The van der Waals surface area contributed by atoms with E-state index in [9.17, 15) is 9.59 Å². The third-order valence-corrected chi connectivity index (χ3v) is 3.88. The van der Waals surface area contributed by atoms with Gasteiger partial charge in [0.2, 0.25) is 0 Å². The second kappa shape index (κ2) is 7.17. The summed E-state index contributed by atoms with van der Waals surface area (Å²) in [7, 11) is 0. The summed E-state index contributed by atoms with van der Waals surface area (Å²) in [5, 5.41) is 2.83.